The van der Waals surface area contributed by atoms with Crippen LogP contribution < -0.4 is 31.1 Å². The second kappa shape index (κ2) is 20.5. The van der Waals surface area contributed by atoms with Gasteiger partial charge in [-0.25, -0.2) is 0 Å². The molecule has 3 aliphatic carbocycles. The van der Waals surface area contributed by atoms with Gasteiger partial charge in [0.25, 0.3) is 6.71 Å². The summed E-state index contributed by atoms with van der Waals surface area (Å²) in [7, 11) is 0. The van der Waals surface area contributed by atoms with E-state index in [1.807, 2.05) is 0 Å². The summed E-state index contributed by atoms with van der Waals surface area (Å²) in [6.45, 7) is 37.4. The lowest BCUT2D eigenvalue weighted by atomic mass is 9.33. The predicted molar refractivity (Wildman–Crippen MR) is 417 cm³/mol. The number of hydrogen-bond acceptors (Lipinski definition) is 5. The number of hydrogen-bond donors (Lipinski definition) is 0. The first kappa shape index (κ1) is 57.2. The van der Waals surface area contributed by atoms with Crippen molar-refractivity contribution in [3.05, 3.63) is 221 Å². The molecular weight excluding hydrogens is 1190 g/mol. The lowest BCUT2D eigenvalue weighted by Gasteiger charge is -2.51. The zero-order valence-electron chi connectivity index (χ0n) is 64.4. The second-order valence-electron chi connectivity index (χ2n) is 35.3. The highest BCUT2D eigenvalue weighted by Gasteiger charge is 2.58. The number of nitrogens with zero attached hydrogens (tertiary/aromatic N) is 3. The summed E-state index contributed by atoms with van der Waals surface area (Å²) < 4.78 is 54.7. The van der Waals surface area contributed by atoms with E-state index in [9.17, 15) is 5.48 Å². The molecule has 0 N–H and O–H groups in total. The summed E-state index contributed by atoms with van der Waals surface area (Å²) in [5.74, 6) is 0. The zero-order chi connectivity index (χ0) is 71.4. The fourth-order valence-corrected chi connectivity index (χ4v) is 19.5. The van der Waals surface area contributed by atoms with E-state index in [2.05, 4.69) is 283 Å². The summed E-state index contributed by atoms with van der Waals surface area (Å²) >= 11 is 0. The van der Waals surface area contributed by atoms with Crippen molar-refractivity contribution in [3.8, 4) is 22.3 Å². The summed E-state index contributed by atoms with van der Waals surface area (Å²) in [5.41, 5.74) is 25.4. The van der Waals surface area contributed by atoms with Gasteiger partial charge in [-0.05, 0) is 194 Å². The number of fused-ring (bicyclic) bond motifs is 18. The van der Waals surface area contributed by atoms with Crippen molar-refractivity contribution in [2.45, 2.75) is 206 Å². The van der Waals surface area contributed by atoms with Crippen LogP contribution in [0.15, 0.2) is 191 Å². The Bertz CT molecular complexity index is 5630. The van der Waals surface area contributed by atoms with Crippen LogP contribution in [0.4, 0.5) is 45.5 Å². The molecule has 2 atom stereocenters. The number of rotatable bonds is 5. The van der Waals surface area contributed by atoms with Gasteiger partial charge in [-0.1, -0.05) is 238 Å². The van der Waals surface area contributed by atoms with Crippen molar-refractivity contribution in [2.24, 2.45) is 0 Å². The Labute approximate surface area is 587 Å². The van der Waals surface area contributed by atoms with Gasteiger partial charge < -0.3 is 23.5 Å². The third-order valence-corrected chi connectivity index (χ3v) is 25.5. The third kappa shape index (κ3) is 8.57. The quantitative estimate of drug-likeness (QED) is 0.161. The van der Waals surface area contributed by atoms with Crippen LogP contribution in [0.3, 0.4) is 0 Å². The Hall–Kier alpha value is -8.74. The van der Waals surface area contributed by atoms with Gasteiger partial charge in [-0.3, -0.25) is 0 Å². The highest BCUT2D eigenvalue weighted by atomic mass is 16.3. The second-order valence-corrected chi connectivity index (χ2v) is 35.3. The molecular formula is C92H94BN3O2. The average Bonchev–Trinajstić information content (AvgIpc) is 1.35. The molecule has 2 aromatic heterocycles. The maximum Gasteiger partial charge on any atom is 0.252 e. The topological polar surface area (TPSA) is 36.0 Å². The van der Waals surface area contributed by atoms with Crippen molar-refractivity contribution in [1.29, 1.82) is 0 Å². The molecule has 0 spiro atoms. The van der Waals surface area contributed by atoms with E-state index in [0.29, 0.717) is 11.3 Å². The normalized spacial score (nSPS) is 21.4. The molecule has 3 aliphatic heterocycles. The van der Waals surface area contributed by atoms with Crippen LogP contribution in [0, 0.1) is 0 Å². The molecule has 1 fully saturated rings. The van der Waals surface area contributed by atoms with Crippen LogP contribution in [0.1, 0.15) is 207 Å². The van der Waals surface area contributed by atoms with Crippen LogP contribution in [0.5, 0.6) is 0 Å². The lowest BCUT2D eigenvalue weighted by Crippen LogP contribution is -2.61. The number of benzene rings is 10. The minimum Gasteiger partial charge on any atom is -0.456 e. The van der Waals surface area contributed by atoms with Crippen LogP contribution >= 0.6 is 0 Å². The Balaban J connectivity index is 1.06. The van der Waals surface area contributed by atoms with Crippen LogP contribution in [-0.2, 0) is 37.9 Å². The van der Waals surface area contributed by atoms with E-state index in [0.717, 1.165) is 174 Å². The first-order chi connectivity index (χ1) is 48.2. The number of furan rings is 2. The monoisotopic (exact) mass is 1290 g/mol. The molecule has 1 saturated carbocycles. The highest BCUT2D eigenvalue weighted by molar-refractivity contribution is 7.00. The molecule has 492 valence electrons. The molecule has 0 saturated heterocycles. The summed E-state index contributed by atoms with van der Waals surface area (Å²) in [4.78, 5) is 7.63. The molecule has 0 radical (unpaired) electrons. The maximum absolute atomic E-state index is 10.3. The molecule has 98 heavy (non-hydrogen) atoms. The van der Waals surface area contributed by atoms with Gasteiger partial charge in [0.15, 0.2) is 0 Å². The van der Waals surface area contributed by atoms with Gasteiger partial charge in [0.1, 0.15) is 22.3 Å². The van der Waals surface area contributed by atoms with Crippen molar-refractivity contribution in [1.82, 2.24) is 0 Å². The lowest BCUT2D eigenvalue weighted by molar-refractivity contribution is 0.195. The van der Waals surface area contributed by atoms with Crippen molar-refractivity contribution in [3.63, 3.8) is 0 Å². The van der Waals surface area contributed by atoms with Crippen LogP contribution in [0.2, 0.25) is 0 Å². The Morgan fingerprint density at radius 2 is 0.959 bits per heavy atom. The molecule has 12 aromatic rings. The van der Waals surface area contributed by atoms with Crippen LogP contribution in [0.25, 0.3) is 66.1 Å². The van der Waals surface area contributed by atoms with E-state index in [4.69, 9.17) is 8.83 Å². The molecule has 2 unspecified atom stereocenters. The fraction of sp³-hybridized carbons (Fsp3) is 0.348. The standard InChI is InChI=1S/C92H94BN3O2/c1-85(2,3)57-33-40-70(62(49-57)55-27-19-17-20-28-55)94-73-53-64-60-35-37-66-79(89(11,12)47-45-87(66,7)8)83(60)98-77(64)54-69(73)93-68-39-42-76-78(61-36-38-67-80(84(61)97-76)90(13,14)48-46-88(67,9)10)82(68)95(71-41-34-58(86(4,5)6)50-63(71)56-29-21-18-22-30-56)75-52-59(51-74(94)81(75)93)96-72-32-24-23-31-65(72)91(15)43-25-26-44-92(91,96)16/h17-24,27-42,49-54H,25-26,43-48H2,1-16H3/i23D,24D,31D,32D. The highest BCUT2D eigenvalue weighted by Crippen LogP contribution is 2.63. The maximum atomic E-state index is 10.3. The Morgan fingerprint density at radius 1 is 0.429 bits per heavy atom. The van der Waals surface area contributed by atoms with E-state index >= 15 is 0 Å². The predicted octanol–water partition coefficient (Wildman–Crippen LogP) is 23.9. The van der Waals surface area contributed by atoms with Crippen LogP contribution in [-0.4, -0.2) is 12.3 Å². The third-order valence-electron chi connectivity index (χ3n) is 25.5. The van der Waals surface area contributed by atoms with Gasteiger partial charge in [-0.15, -0.1) is 0 Å². The molecule has 0 amide bonds. The zero-order valence-corrected chi connectivity index (χ0v) is 60.4. The van der Waals surface area contributed by atoms with E-state index in [-0.39, 0.29) is 63.4 Å². The molecule has 5 nitrogen and oxygen atoms in total. The van der Waals surface area contributed by atoms with E-state index in [1.165, 1.54) is 33.4 Å². The molecule has 10 aromatic carbocycles. The fourth-order valence-electron chi connectivity index (χ4n) is 19.5. The van der Waals surface area contributed by atoms with Crippen molar-refractivity contribution in [2.75, 3.05) is 14.7 Å². The minimum atomic E-state index is -0.682. The first-order valence-electron chi connectivity index (χ1n) is 38.4. The average molecular weight is 1290 g/mol. The molecule has 0 bridgehead atoms. The largest absolute Gasteiger partial charge is 0.456 e. The smallest absolute Gasteiger partial charge is 0.252 e. The van der Waals surface area contributed by atoms with Gasteiger partial charge >= 0.3 is 0 Å². The van der Waals surface area contributed by atoms with Gasteiger partial charge in [0.2, 0.25) is 0 Å². The van der Waals surface area contributed by atoms with Gasteiger partial charge in [0, 0.05) is 72.3 Å². The Morgan fingerprint density at radius 3 is 1.56 bits per heavy atom. The SMILES string of the molecule is [2H]c1c([2H])c([2H])c2c(c1[2H])N(c1cc3c4c(c1)N(c1ccc(C(C)(C)C)cc1-c1ccccc1)c1c(ccc5oc6c7c(ccc6c15)C(C)(C)CCC7(C)C)B4c1cc4oc5c6c(ccc5c4cc1N3c1ccc(C(C)(C)C)cc1-c1ccccc1)C(C)(C)CCC6(C)C)C1(C)CCCCC21C. The van der Waals surface area contributed by atoms with E-state index in [1.54, 1.807) is 0 Å². The number of para-hydroxylation sites is 1. The molecule has 5 heterocycles. The summed E-state index contributed by atoms with van der Waals surface area (Å²) in [5, 5.41) is 4.32. The van der Waals surface area contributed by atoms with Gasteiger partial charge in [0.05, 0.1) is 33.5 Å². The summed E-state index contributed by atoms with van der Waals surface area (Å²) in [6, 6.07) is 59.9. The first-order valence-corrected chi connectivity index (χ1v) is 36.4. The van der Waals surface area contributed by atoms with E-state index < -0.39 is 11.0 Å². The van der Waals surface area contributed by atoms with Gasteiger partial charge in [-0.2, -0.15) is 0 Å². The van der Waals surface area contributed by atoms with Crippen molar-refractivity contribution < 1.29 is 14.3 Å². The molecule has 18 rings (SSSR count). The summed E-state index contributed by atoms with van der Waals surface area (Å²) in [6.07, 6.45) is 7.73. The number of anilines is 8. The van der Waals surface area contributed by atoms with Crippen molar-refractivity contribution >= 4 is 112 Å². The molecule has 6 aliphatic rings. The molecule has 6 heteroatoms. The minimum absolute atomic E-state index is 0.00579. The Kier molecular flexibility index (Phi) is 11.9.